The van der Waals surface area contributed by atoms with E-state index >= 15 is 0 Å². The molecular weight excluding hydrogens is 993 g/mol. The van der Waals surface area contributed by atoms with Gasteiger partial charge in [-0.1, -0.05) is 61.8 Å². The Hall–Kier alpha value is -7.04. The second-order valence-electron chi connectivity index (χ2n) is 19.6. The van der Waals surface area contributed by atoms with Gasteiger partial charge >= 0.3 is 5.97 Å². The van der Waals surface area contributed by atoms with Gasteiger partial charge in [-0.15, -0.1) is 0 Å². The van der Waals surface area contributed by atoms with Gasteiger partial charge in [0, 0.05) is 19.6 Å². The fourth-order valence-electron chi connectivity index (χ4n) is 7.29. The molecule has 0 spiro atoms. The Kier molecular flexibility index (Phi) is 33.4. The monoisotopic (exact) mass is 1080 g/mol. The van der Waals surface area contributed by atoms with Gasteiger partial charge in [-0.25, -0.2) is 4.79 Å². The van der Waals surface area contributed by atoms with Gasteiger partial charge in [0.15, 0.2) is 17.9 Å². The predicted octanol–water partition coefficient (Wildman–Crippen LogP) is -4.61. The molecule has 29 nitrogen and oxygen atoms in total. The van der Waals surface area contributed by atoms with Crippen LogP contribution in [0.1, 0.15) is 126 Å². The average Bonchev–Trinajstić information content (AvgIpc) is 3.33. The summed E-state index contributed by atoms with van der Waals surface area (Å²) in [7, 11) is 0. The Morgan fingerprint density at radius 2 is 0.711 bits per heavy atom. The lowest BCUT2D eigenvalue weighted by Crippen LogP contribution is -2.60. The predicted molar refractivity (Wildman–Crippen MR) is 287 cm³/mol. The number of rotatable bonds is 38. The molecule has 434 valence electrons. The van der Waals surface area contributed by atoms with Gasteiger partial charge in [-0.05, 0) is 82.0 Å². The molecule has 0 rings (SSSR count). The van der Waals surface area contributed by atoms with Crippen molar-refractivity contribution in [3.05, 3.63) is 0 Å². The number of aliphatic hydroxyl groups excluding tert-OH is 1. The van der Waals surface area contributed by atoms with Crippen molar-refractivity contribution in [3.8, 4) is 0 Å². The van der Waals surface area contributed by atoms with Crippen LogP contribution < -0.4 is 82.7 Å². The van der Waals surface area contributed by atoms with E-state index in [1.54, 1.807) is 55.4 Å². The van der Waals surface area contributed by atoms with Crippen molar-refractivity contribution in [1.82, 2.24) is 42.5 Å². The molecule has 29 heteroatoms. The molecule has 8 amide bonds. The maximum absolute atomic E-state index is 14.1. The summed E-state index contributed by atoms with van der Waals surface area (Å²) in [5.41, 5.74) is 38.7. The number of carboxylic acid groups (broad SMARTS) is 1. The van der Waals surface area contributed by atoms with Crippen molar-refractivity contribution in [2.45, 2.75) is 180 Å². The third kappa shape index (κ3) is 28.6. The summed E-state index contributed by atoms with van der Waals surface area (Å²) in [6.45, 7) is 13.2. The van der Waals surface area contributed by atoms with Crippen LogP contribution in [0, 0.1) is 17.8 Å². The number of nitrogens with zero attached hydrogens (tertiary/aromatic N) is 3. The first-order chi connectivity index (χ1) is 35.6. The molecule has 0 bridgehead atoms. The fourth-order valence-corrected chi connectivity index (χ4v) is 7.29. The zero-order valence-corrected chi connectivity index (χ0v) is 45.5. The average molecular weight is 1080 g/mol. The summed E-state index contributed by atoms with van der Waals surface area (Å²) < 4.78 is 0. The zero-order chi connectivity index (χ0) is 58.2. The molecule has 24 N–H and O–H groups in total. The lowest BCUT2D eigenvalue weighted by Gasteiger charge is -2.28. The standard InChI is InChI=1S/C47H90N18O11/c1-9-14-28(59-42(73)34(23-66)65-40(71)31(17-13-20-57-47(53)54)62-43(74)35(48)26(7)8)37(68)60-29(15-11-18-55-45(49)50)38(69)58-27(10-2)36(67)63-32(21-24(3)4)41(72)61-30(16-12-19-56-46(51)52)39(70)64-33(44(75)76)22-25(5)6/h24-35,66H,9-23,48H2,1-8H3,(H,58,69)(H,59,73)(H,60,68)(H,61,72)(H,62,74)(H,63,67)(H,64,70)(H,65,71)(H,75,76)(H4,49,50,55)(H4,51,52,56)(H4,53,54,57)/t27-,28-,29-,30-,31-,32-,33-,34-,35-/m0/s1. The summed E-state index contributed by atoms with van der Waals surface area (Å²) in [4.78, 5) is 133. The Labute approximate surface area is 445 Å². The highest BCUT2D eigenvalue weighted by atomic mass is 16.4. The number of aliphatic imine (C=N–C) groups is 3. The largest absolute Gasteiger partial charge is 0.480 e. The van der Waals surface area contributed by atoms with E-state index in [0.717, 1.165) is 0 Å². The number of amides is 8. The number of aliphatic carboxylic acids is 1. The van der Waals surface area contributed by atoms with Gasteiger partial charge in [-0.3, -0.25) is 53.3 Å². The summed E-state index contributed by atoms with van der Waals surface area (Å²) in [5, 5.41) is 40.6. The molecule has 0 aliphatic rings. The molecule has 0 unspecified atom stereocenters. The second-order valence-corrected chi connectivity index (χ2v) is 19.6. The van der Waals surface area contributed by atoms with Gasteiger partial charge in [0.25, 0.3) is 0 Å². The first-order valence-corrected chi connectivity index (χ1v) is 25.8. The van der Waals surface area contributed by atoms with Gasteiger partial charge in [0.05, 0.1) is 12.6 Å². The van der Waals surface area contributed by atoms with E-state index in [0.29, 0.717) is 6.42 Å². The van der Waals surface area contributed by atoms with Crippen LogP contribution in [0.25, 0.3) is 0 Å². The van der Waals surface area contributed by atoms with Gasteiger partial charge < -0.3 is 92.9 Å². The number of carbonyl (C=O) groups excluding carboxylic acids is 8. The number of aliphatic hydroxyl groups is 1. The lowest BCUT2D eigenvalue weighted by atomic mass is 10.0. The van der Waals surface area contributed by atoms with Crippen molar-refractivity contribution in [1.29, 1.82) is 0 Å². The fraction of sp³-hybridized carbons (Fsp3) is 0.745. The maximum Gasteiger partial charge on any atom is 0.326 e. The van der Waals surface area contributed by atoms with Crippen LogP contribution in [0.5, 0.6) is 0 Å². The highest BCUT2D eigenvalue weighted by molar-refractivity contribution is 5.98. The number of hydrogen-bond acceptors (Lipinski definition) is 14. The molecule has 0 aliphatic carbocycles. The second kappa shape index (κ2) is 36.8. The topological polar surface area (TPSA) is 510 Å². The van der Waals surface area contributed by atoms with E-state index in [4.69, 9.17) is 40.1 Å². The quantitative estimate of drug-likeness (QED) is 0.0157. The highest BCUT2D eigenvalue weighted by Gasteiger charge is 2.35. The molecule has 0 fully saturated rings. The Morgan fingerprint density at radius 3 is 1.04 bits per heavy atom. The minimum Gasteiger partial charge on any atom is -0.480 e. The minimum absolute atomic E-state index is 0.00136. The number of nitrogens with two attached hydrogens (primary N) is 7. The van der Waals surface area contributed by atoms with Gasteiger partial charge in [0.1, 0.15) is 48.3 Å². The molecule has 0 radical (unpaired) electrons. The first-order valence-electron chi connectivity index (χ1n) is 25.8. The molecule has 0 aromatic heterocycles. The van der Waals surface area contributed by atoms with E-state index in [1.807, 2.05) is 0 Å². The number of carboxylic acids is 1. The van der Waals surface area contributed by atoms with E-state index in [-0.39, 0.29) is 119 Å². The van der Waals surface area contributed by atoms with Crippen molar-refractivity contribution in [2.75, 3.05) is 26.2 Å². The summed E-state index contributed by atoms with van der Waals surface area (Å²) in [6.07, 6.45) is 1.08. The summed E-state index contributed by atoms with van der Waals surface area (Å²) >= 11 is 0. The van der Waals surface area contributed by atoms with Gasteiger partial charge in [-0.2, -0.15) is 0 Å². The number of nitrogens with one attached hydrogen (secondary N) is 8. The van der Waals surface area contributed by atoms with Crippen molar-refractivity contribution < 1.29 is 53.4 Å². The molecule has 76 heavy (non-hydrogen) atoms. The molecule has 0 saturated carbocycles. The molecule has 0 heterocycles. The highest BCUT2D eigenvalue weighted by Crippen LogP contribution is 2.12. The number of carbonyl (C=O) groups is 9. The van der Waals surface area contributed by atoms with Crippen LogP contribution in [0.3, 0.4) is 0 Å². The third-order valence-electron chi connectivity index (χ3n) is 11.5. The van der Waals surface area contributed by atoms with Crippen LogP contribution in [-0.2, 0) is 43.2 Å². The first kappa shape index (κ1) is 69.0. The molecule has 9 atom stereocenters. The smallest absolute Gasteiger partial charge is 0.326 e. The molecule has 0 aromatic rings. The van der Waals surface area contributed by atoms with E-state index in [1.165, 1.54) is 0 Å². The Morgan fingerprint density at radius 1 is 0.421 bits per heavy atom. The maximum atomic E-state index is 14.1. The molecular formula is C47H90N18O11. The summed E-state index contributed by atoms with van der Waals surface area (Å²) in [6, 6.07) is -11.5. The lowest BCUT2D eigenvalue weighted by molar-refractivity contribution is -0.143. The molecule has 0 aliphatic heterocycles. The number of guanidine groups is 3. The normalized spacial score (nSPS) is 14.6. The molecule has 0 aromatic carbocycles. The van der Waals surface area contributed by atoms with Gasteiger partial charge in [0.2, 0.25) is 47.3 Å². The van der Waals surface area contributed by atoms with Crippen LogP contribution in [0.2, 0.25) is 0 Å². The van der Waals surface area contributed by atoms with E-state index in [2.05, 4.69) is 57.5 Å². The van der Waals surface area contributed by atoms with Crippen LogP contribution in [0.15, 0.2) is 15.0 Å². The minimum atomic E-state index is -1.61. The van der Waals surface area contributed by atoms with Crippen molar-refractivity contribution in [3.63, 3.8) is 0 Å². The van der Waals surface area contributed by atoms with E-state index < -0.39 is 114 Å². The Bertz CT molecular complexity index is 1970. The van der Waals surface area contributed by atoms with Crippen LogP contribution in [0.4, 0.5) is 0 Å². The zero-order valence-electron chi connectivity index (χ0n) is 45.5. The van der Waals surface area contributed by atoms with Crippen molar-refractivity contribution >= 4 is 71.1 Å². The van der Waals surface area contributed by atoms with E-state index in [9.17, 15) is 53.4 Å². The molecule has 0 saturated heterocycles. The van der Waals surface area contributed by atoms with Crippen LogP contribution >= 0.6 is 0 Å². The summed E-state index contributed by atoms with van der Waals surface area (Å²) in [5.74, 6) is -8.89. The third-order valence-corrected chi connectivity index (χ3v) is 11.5. The number of hydrogen-bond donors (Lipinski definition) is 17. The Balaban J connectivity index is 6.58. The van der Waals surface area contributed by atoms with Crippen LogP contribution in [-0.4, -0.2) is 162 Å². The SMILES string of the molecule is CCC[C@H](NC(=O)[C@H](CO)NC(=O)[C@H](CCCN=C(N)N)NC(=O)[C@@H](N)C(C)C)C(=O)N[C@@H](CCCN=C(N)N)C(=O)N[C@@H](CC)C(=O)N[C@@H](CC(C)C)C(=O)N[C@@H](CCCN=C(N)N)C(=O)N[C@@H](CC(C)C)C(=O)O. The van der Waals surface area contributed by atoms with Crippen molar-refractivity contribution in [2.24, 2.45) is 72.9 Å².